The first kappa shape index (κ1) is 14.7. The second-order valence-corrected chi connectivity index (χ2v) is 4.63. The molecule has 0 heterocycles. The normalized spacial score (nSPS) is 12.2. The zero-order valence-corrected chi connectivity index (χ0v) is 10.9. The van der Waals surface area contributed by atoms with Gasteiger partial charge in [0.1, 0.15) is 0 Å². The van der Waals surface area contributed by atoms with Crippen molar-refractivity contribution in [2.45, 2.75) is 19.4 Å². The van der Waals surface area contributed by atoms with Crippen LogP contribution in [0.4, 0.5) is 20.2 Å². The van der Waals surface area contributed by atoms with Crippen LogP contribution in [-0.2, 0) is 0 Å². The number of benzene rings is 1. The van der Waals surface area contributed by atoms with Crippen molar-refractivity contribution >= 4 is 23.1 Å². The van der Waals surface area contributed by atoms with Crippen molar-refractivity contribution in [3.63, 3.8) is 0 Å². The van der Waals surface area contributed by atoms with Gasteiger partial charge in [-0.25, -0.2) is 8.78 Å². The molecule has 0 aromatic heterocycles. The predicted octanol–water partition coefficient (Wildman–Crippen LogP) is 3.43. The third-order valence-electron chi connectivity index (χ3n) is 2.48. The number of hydrogen-bond acceptors (Lipinski definition) is 4. The topological polar surface area (TPSA) is 55.2 Å². The number of anilines is 1. The number of rotatable bonds is 6. The predicted molar refractivity (Wildman–Crippen MR) is 69.1 cm³/mol. The molecule has 1 N–H and O–H groups in total. The number of thioether (sulfide) groups is 1. The number of halogens is 2. The molecule has 0 saturated heterocycles. The molecule has 0 aliphatic carbocycles. The standard InChI is InChI=1S/C11H14F2N2O2S/c1-3-7(6-18-2)14-11-9(15(16)17)5-4-8(12)10(11)13/h4-5,7,14H,3,6H2,1-2H3. The minimum atomic E-state index is -1.20. The van der Waals surface area contributed by atoms with Crippen LogP contribution in [0.5, 0.6) is 0 Å². The van der Waals surface area contributed by atoms with Crippen LogP contribution in [0.2, 0.25) is 0 Å². The number of nitro benzene ring substituents is 1. The van der Waals surface area contributed by atoms with E-state index in [4.69, 9.17) is 0 Å². The first-order valence-corrected chi connectivity index (χ1v) is 6.78. The zero-order chi connectivity index (χ0) is 13.7. The van der Waals surface area contributed by atoms with Gasteiger partial charge in [-0.05, 0) is 18.7 Å². The summed E-state index contributed by atoms with van der Waals surface area (Å²) in [5.74, 6) is -1.64. The van der Waals surface area contributed by atoms with Crippen LogP contribution in [0.3, 0.4) is 0 Å². The van der Waals surface area contributed by atoms with E-state index in [1.165, 1.54) is 11.8 Å². The molecule has 1 atom stereocenters. The fourth-order valence-corrected chi connectivity index (χ4v) is 2.22. The van der Waals surface area contributed by atoms with Crippen molar-refractivity contribution in [1.82, 2.24) is 0 Å². The Labute approximate surface area is 108 Å². The first-order chi connectivity index (χ1) is 8.51. The Balaban J connectivity index is 3.12. The number of nitrogens with one attached hydrogen (secondary N) is 1. The quantitative estimate of drug-likeness (QED) is 0.639. The minimum Gasteiger partial charge on any atom is -0.373 e. The van der Waals surface area contributed by atoms with E-state index in [1.54, 1.807) is 0 Å². The molecule has 0 amide bonds. The Bertz CT molecular complexity index is 443. The van der Waals surface area contributed by atoms with E-state index in [2.05, 4.69) is 5.32 Å². The summed E-state index contributed by atoms with van der Waals surface area (Å²) in [6, 6.07) is 1.58. The summed E-state index contributed by atoms with van der Waals surface area (Å²) < 4.78 is 26.7. The number of nitro groups is 1. The maximum Gasteiger partial charge on any atom is 0.295 e. The molecule has 7 heteroatoms. The summed E-state index contributed by atoms with van der Waals surface area (Å²) >= 11 is 1.53. The Morgan fingerprint density at radius 3 is 2.67 bits per heavy atom. The van der Waals surface area contributed by atoms with Gasteiger partial charge in [-0.3, -0.25) is 10.1 Å². The summed E-state index contributed by atoms with van der Waals surface area (Å²) in [4.78, 5) is 10.1. The van der Waals surface area contributed by atoms with E-state index < -0.39 is 22.2 Å². The molecule has 0 aliphatic rings. The molecule has 0 radical (unpaired) electrons. The second-order valence-electron chi connectivity index (χ2n) is 3.72. The lowest BCUT2D eigenvalue weighted by atomic mass is 10.2. The number of nitrogens with zero attached hydrogens (tertiary/aromatic N) is 1. The molecule has 18 heavy (non-hydrogen) atoms. The molecular weight excluding hydrogens is 262 g/mol. The SMILES string of the molecule is CCC(CSC)Nc1c([N+](=O)[O-])ccc(F)c1F. The van der Waals surface area contributed by atoms with Crippen molar-refractivity contribution in [1.29, 1.82) is 0 Å². The molecule has 0 saturated carbocycles. The molecule has 100 valence electrons. The maximum atomic E-state index is 13.6. The summed E-state index contributed by atoms with van der Waals surface area (Å²) in [6.45, 7) is 1.87. The van der Waals surface area contributed by atoms with Crippen LogP contribution >= 0.6 is 11.8 Å². The Kier molecular flexibility index (Phi) is 5.33. The highest BCUT2D eigenvalue weighted by Gasteiger charge is 2.23. The fraction of sp³-hybridized carbons (Fsp3) is 0.455. The minimum absolute atomic E-state index is 0.144. The van der Waals surface area contributed by atoms with E-state index in [-0.39, 0.29) is 11.7 Å². The second kappa shape index (κ2) is 6.53. The van der Waals surface area contributed by atoms with Gasteiger partial charge in [0.2, 0.25) is 0 Å². The molecule has 1 aromatic carbocycles. The van der Waals surface area contributed by atoms with Gasteiger partial charge in [0, 0.05) is 17.9 Å². The summed E-state index contributed by atoms with van der Waals surface area (Å²) in [7, 11) is 0. The third kappa shape index (κ3) is 3.32. The van der Waals surface area contributed by atoms with Gasteiger partial charge >= 0.3 is 0 Å². The van der Waals surface area contributed by atoms with Gasteiger partial charge < -0.3 is 5.32 Å². The smallest absolute Gasteiger partial charge is 0.295 e. The van der Waals surface area contributed by atoms with E-state index >= 15 is 0 Å². The maximum absolute atomic E-state index is 13.6. The van der Waals surface area contributed by atoms with Gasteiger partial charge in [-0.15, -0.1) is 0 Å². The third-order valence-corrected chi connectivity index (χ3v) is 3.21. The van der Waals surface area contributed by atoms with Crippen LogP contribution in [0.1, 0.15) is 13.3 Å². The lowest BCUT2D eigenvalue weighted by Crippen LogP contribution is -2.22. The molecule has 1 unspecified atom stereocenters. The van der Waals surface area contributed by atoms with Gasteiger partial charge in [-0.1, -0.05) is 6.92 Å². The lowest BCUT2D eigenvalue weighted by Gasteiger charge is -2.17. The van der Waals surface area contributed by atoms with E-state index in [1.807, 2.05) is 13.2 Å². The average Bonchev–Trinajstić information content (AvgIpc) is 2.33. The highest BCUT2D eigenvalue weighted by Crippen LogP contribution is 2.30. The first-order valence-electron chi connectivity index (χ1n) is 5.39. The van der Waals surface area contributed by atoms with Gasteiger partial charge in [0.15, 0.2) is 17.3 Å². The van der Waals surface area contributed by atoms with Crippen LogP contribution in [0.25, 0.3) is 0 Å². The van der Waals surface area contributed by atoms with Crippen molar-refractivity contribution in [3.05, 3.63) is 33.9 Å². The average molecular weight is 276 g/mol. The van der Waals surface area contributed by atoms with E-state index in [0.717, 1.165) is 12.1 Å². The zero-order valence-electron chi connectivity index (χ0n) is 10.1. The van der Waals surface area contributed by atoms with E-state index in [0.29, 0.717) is 12.2 Å². The molecule has 1 aromatic rings. The van der Waals surface area contributed by atoms with Crippen molar-refractivity contribution < 1.29 is 13.7 Å². The Morgan fingerprint density at radius 2 is 2.17 bits per heavy atom. The largest absolute Gasteiger partial charge is 0.373 e. The highest BCUT2D eigenvalue weighted by atomic mass is 32.2. The molecule has 1 rings (SSSR count). The molecule has 0 fully saturated rings. The molecule has 0 aliphatic heterocycles. The van der Waals surface area contributed by atoms with Crippen LogP contribution < -0.4 is 5.32 Å². The van der Waals surface area contributed by atoms with Gasteiger partial charge in [-0.2, -0.15) is 11.8 Å². The summed E-state index contributed by atoms with van der Waals surface area (Å²) in [5, 5.41) is 13.5. The van der Waals surface area contributed by atoms with Crippen molar-refractivity contribution in [2.75, 3.05) is 17.3 Å². The summed E-state index contributed by atoms with van der Waals surface area (Å²) in [5.41, 5.74) is -0.825. The van der Waals surface area contributed by atoms with Crippen molar-refractivity contribution in [2.24, 2.45) is 0 Å². The van der Waals surface area contributed by atoms with Crippen LogP contribution in [0.15, 0.2) is 12.1 Å². The Hall–Kier alpha value is -1.37. The fourth-order valence-electron chi connectivity index (χ4n) is 1.50. The van der Waals surface area contributed by atoms with Gasteiger partial charge in [0.05, 0.1) is 4.92 Å². The molecule has 0 bridgehead atoms. The molecule has 4 nitrogen and oxygen atoms in total. The van der Waals surface area contributed by atoms with Crippen LogP contribution in [0, 0.1) is 21.7 Å². The lowest BCUT2D eigenvalue weighted by molar-refractivity contribution is -0.384. The van der Waals surface area contributed by atoms with Gasteiger partial charge in [0.25, 0.3) is 5.69 Å². The highest BCUT2D eigenvalue weighted by molar-refractivity contribution is 7.98. The van der Waals surface area contributed by atoms with E-state index in [9.17, 15) is 18.9 Å². The monoisotopic (exact) mass is 276 g/mol. The number of hydrogen-bond donors (Lipinski definition) is 1. The van der Waals surface area contributed by atoms with Crippen molar-refractivity contribution in [3.8, 4) is 0 Å². The Morgan fingerprint density at radius 1 is 1.50 bits per heavy atom. The van der Waals surface area contributed by atoms with Crippen LogP contribution in [-0.4, -0.2) is 23.0 Å². The molecule has 0 spiro atoms. The molecular formula is C11H14F2N2O2S. The summed E-state index contributed by atoms with van der Waals surface area (Å²) in [6.07, 6.45) is 2.54.